The van der Waals surface area contributed by atoms with Crippen LogP contribution in [0.3, 0.4) is 0 Å². The number of aryl methyl sites for hydroxylation is 3. The van der Waals surface area contributed by atoms with Crippen LogP contribution in [-0.4, -0.2) is 22.4 Å². The molecule has 1 aliphatic heterocycles. The Kier molecular flexibility index (Phi) is 5.26. The maximum Gasteiger partial charge on any atom is 0.335 e. The minimum absolute atomic E-state index is 0.137. The lowest BCUT2D eigenvalue weighted by molar-refractivity contribution is -0.122. The first kappa shape index (κ1) is 21.2. The number of halogens is 1. The van der Waals surface area contributed by atoms with Crippen LogP contribution in [0.4, 0.5) is 14.9 Å². The summed E-state index contributed by atoms with van der Waals surface area (Å²) in [5.74, 6) is -1.76. The number of rotatable bonds is 3. The van der Waals surface area contributed by atoms with Gasteiger partial charge in [-0.1, -0.05) is 6.07 Å². The molecule has 0 unspecified atom stereocenters. The number of imide groups is 2. The summed E-state index contributed by atoms with van der Waals surface area (Å²) in [4.78, 5) is 39.1. The van der Waals surface area contributed by atoms with Crippen molar-refractivity contribution in [2.75, 3.05) is 4.90 Å². The summed E-state index contributed by atoms with van der Waals surface area (Å²) in [7, 11) is 0. The molecule has 1 N–H and O–H groups in total. The fourth-order valence-corrected chi connectivity index (χ4v) is 3.83. The van der Waals surface area contributed by atoms with Crippen LogP contribution in [0.25, 0.3) is 11.8 Å². The third-order valence-electron chi connectivity index (χ3n) is 5.71. The van der Waals surface area contributed by atoms with Crippen LogP contribution in [-0.2, 0) is 9.59 Å². The highest BCUT2D eigenvalue weighted by Crippen LogP contribution is 2.27. The minimum Gasteiger partial charge on any atom is -0.318 e. The SMILES string of the molecule is Cc1ccc(N2C(=O)NC(=O)/C(=C/c3cc(C)n(-c4ccc(F)cc4)c3C)C2=O)cc1C. The summed E-state index contributed by atoms with van der Waals surface area (Å²) in [6, 6.07) is 12.3. The Morgan fingerprint density at radius 2 is 1.50 bits per heavy atom. The standard InChI is InChI=1S/C25H22FN3O3/c1-14-5-8-21(11-15(14)2)29-24(31)22(23(30)27-25(29)32)13-18-12-16(3)28(17(18)4)20-9-6-19(26)7-10-20/h5-13H,1-4H3,(H,27,30,32)/b22-13-. The van der Waals surface area contributed by atoms with Crippen molar-refractivity contribution in [3.05, 3.63) is 88.0 Å². The highest BCUT2D eigenvalue weighted by Gasteiger charge is 2.37. The highest BCUT2D eigenvalue weighted by molar-refractivity contribution is 6.39. The van der Waals surface area contributed by atoms with E-state index in [1.165, 1.54) is 18.2 Å². The smallest absolute Gasteiger partial charge is 0.318 e. The number of nitrogens with zero attached hydrogens (tertiary/aromatic N) is 2. The zero-order valence-corrected chi connectivity index (χ0v) is 18.2. The van der Waals surface area contributed by atoms with E-state index in [0.717, 1.165) is 33.1 Å². The molecule has 32 heavy (non-hydrogen) atoms. The van der Waals surface area contributed by atoms with Gasteiger partial charge in [-0.3, -0.25) is 14.9 Å². The molecule has 0 spiro atoms. The number of carbonyl (C=O) groups is 3. The van der Waals surface area contributed by atoms with Gasteiger partial charge in [0.2, 0.25) is 0 Å². The number of nitrogens with one attached hydrogen (secondary N) is 1. The van der Waals surface area contributed by atoms with Crippen molar-refractivity contribution in [2.24, 2.45) is 0 Å². The first-order chi connectivity index (χ1) is 15.2. The molecule has 0 atom stereocenters. The van der Waals surface area contributed by atoms with E-state index in [-0.39, 0.29) is 11.4 Å². The Bertz CT molecular complexity index is 1300. The average molecular weight is 431 g/mol. The number of benzene rings is 2. The molecule has 0 saturated carbocycles. The zero-order valence-electron chi connectivity index (χ0n) is 18.2. The molecular weight excluding hydrogens is 409 g/mol. The van der Waals surface area contributed by atoms with Crippen LogP contribution in [0.15, 0.2) is 54.1 Å². The van der Waals surface area contributed by atoms with Gasteiger partial charge in [0.05, 0.1) is 5.69 Å². The second kappa shape index (κ2) is 7.92. The van der Waals surface area contributed by atoms with Crippen LogP contribution in [0.2, 0.25) is 0 Å². The van der Waals surface area contributed by atoms with Crippen molar-refractivity contribution in [1.82, 2.24) is 9.88 Å². The normalized spacial score (nSPS) is 15.5. The van der Waals surface area contributed by atoms with Gasteiger partial charge in [-0.2, -0.15) is 0 Å². The number of aromatic nitrogens is 1. The van der Waals surface area contributed by atoms with Crippen molar-refractivity contribution in [3.8, 4) is 5.69 Å². The number of hydrogen-bond acceptors (Lipinski definition) is 3. The molecule has 1 aromatic heterocycles. The van der Waals surface area contributed by atoms with Crippen LogP contribution >= 0.6 is 0 Å². The van der Waals surface area contributed by atoms with E-state index in [0.29, 0.717) is 11.3 Å². The van der Waals surface area contributed by atoms with Gasteiger partial charge in [0.1, 0.15) is 11.4 Å². The van der Waals surface area contributed by atoms with Gasteiger partial charge in [0.25, 0.3) is 11.8 Å². The van der Waals surface area contributed by atoms with Gasteiger partial charge >= 0.3 is 6.03 Å². The van der Waals surface area contributed by atoms with Gasteiger partial charge in [0, 0.05) is 17.1 Å². The summed E-state index contributed by atoms with van der Waals surface area (Å²) >= 11 is 0. The lowest BCUT2D eigenvalue weighted by Gasteiger charge is -2.26. The van der Waals surface area contributed by atoms with E-state index in [9.17, 15) is 18.8 Å². The molecule has 6 nitrogen and oxygen atoms in total. The maximum atomic E-state index is 13.3. The molecule has 0 bridgehead atoms. The molecule has 2 heterocycles. The van der Waals surface area contributed by atoms with E-state index in [1.807, 2.05) is 44.4 Å². The molecule has 3 aromatic rings. The minimum atomic E-state index is -0.780. The Hall–Kier alpha value is -4.00. The van der Waals surface area contributed by atoms with Crippen molar-refractivity contribution in [2.45, 2.75) is 27.7 Å². The molecule has 2 aromatic carbocycles. The number of amides is 4. The second-order valence-electron chi connectivity index (χ2n) is 7.86. The molecule has 1 fully saturated rings. The van der Waals surface area contributed by atoms with Crippen LogP contribution < -0.4 is 10.2 Å². The lowest BCUT2D eigenvalue weighted by Crippen LogP contribution is -2.54. The summed E-state index contributed by atoms with van der Waals surface area (Å²) in [5, 5.41) is 2.25. The molecule has 162 valence electrons. The van der Waals surface area contributed by atoms with E-state index in [1.54, 1.807) is 24.3 Å². The largest absolute Gasteiger partial charge is 0.335 e. The van der Waals surface area contributed by atoms with Crippen molar-refractivity contribution in [3.63, 3.8) is 0 Å². The maximum absolute atomic E-state index is 13.3. The van der Waals surface area contributed by atoms with Gasteiger partial charge in [-0.25, -0.2) is 14.1 Å². The Balaban J connectivity index is 1.76. The number of anilines is 1. The number of barbiturate groups is 1. The average Bonchev–Trinajstić information content (AvgIpc) is 3.01. The molecule has 4 rings (SSSR count). The molecule has 0 aliphatic carbocycles. The van der Waals surface area contributed by atoms with E-state index < -0.39 is 17.8 Å². The van der Waals surface area contributed by atoms with Gasteiger partial charge in [-0.05, 0) is 92.9 Å². The van der Waals surface area contributed by atoms with E-state index >= 15 is 0 Å². The Morgan fingerprint density at radius 1 is 0.844 bits per heavy atom. The Labute approximate surface area is 185 Å². The fourth-order valence-electron chi connectivity index (χ4n) is 3.83. The molecule has 0 radical (unpaired) electrons. The third-order valence-corrected chi connectivity index (χ3v) is 5.71. The second-order valence-corrected chi connectivity index (χ2v) is 7.86. The first-order valence-electron chi connectivity index (χ1n) is 10.1. The predicted octanol–water partition coefficient (Wildman–Crippen LogP) is 4.52. The van der Waals surface area contributed by atoms with Crippen LogP contribution in [0, 0.1) is 33.5 Å². The summed E-state index contributed by atoms with van der Waals surface area (Å²) in [5.41, 5.74) is 5.25. The number of urea groups is 1. The molecule has 7 heteroatoms. The van der Waals surface area contributed by atoms with Gasteiger partial charge < -0.3 is 4.57 Å². The highest BCUT2D eigenvalue weighted by atomic mass is 19.1. The van der Waals surface area contributed by atoms with Crippen molar-refractivity contribution in [1.29, 1.82) is 0 Å². The quantitative estimate of drug-likeness (QED) is 0.490. The number of carbonyl (C=O) groups excluding carboxylic acids is 3. The van der Waals surface area contributed by atoms with Gasteiger partial charge in [0.15, 0.2) is 0 Å². The molecule has 1 saturated heterocycles. The van der Waals surface area contributed by atoms with Crippen molar-refractivity contribution >= 4 is 29.6 Å². The first-order valence-corrected chi connectivity index (χ1v) is 10.1. The summed E-state index contributed by atoms with van der Waals surface area (Å²) in [6.07, 6.45) is 1.49. The molecular formula is C25H22FN3O3. The van der Waals surface area contributed by atoms with Crippen LogP contribution in [0.5, 0.6) is 0 Å². The third kappa shape index (κ3) is 3.62. The van der Waals surface area contributed by atoms with Crippen LogP contribution in [0.1, 0.15) is 28.1 Å². The van der Waals surface area contributed by atoms with Crippen molar-refractivity contribution < 1.29 is 18.8 Å². The summed E-state index contributed by atoms with van der Waals surface area (Å²) in [6.45, 7) is 7.55. The summed E-state index contributed by atoms with van der Waals surface area (Å²) < 4.78 is 15.2. The van der Waals surface area contributed by atoms with E-state index in [2.05, 4.69) is 5.32 Å². The molecule has 1 aliphatic rings. The topological polar surface area (TPSA) is 71.4 Å². The monoisotopic (exact) mass is 431 g/mol. The predicted molar refractivity (Wildman–Crippen MR) is 120 cm³/mol. The lowest BCUT2D eigenvalue weighted by atomic mass is 10.1. The fraction of sp³-hybridized carbons (Fsp3) is 0.160. The zero-order chi connectivity index (χ0) is 23.2. The molecule has 4 amide bonds. The van der Waals surface area contributed by atoms with E-state index in [4.69, 9.17) is 0 Å². The number of hydrogen-bond donors (Lipinski definition) is 1. The van der Waals surface area contributed by atoms with Gasteiger partial charge in [-0.15, -0.1) is 0 Å². The Morgan fingerprint density at radius 3 is 2.16 bits per heavy atom.